The van der Waals surface area contributed by atoms with Gasteiger partial charge < -0.3 is 24.2 Å². The molecule has 0 saturated carbocycles. The first-order chi connectivity index (χ1) is 12.2. The molecule has 3 fully saturated rings. The molecule has 2 amide bonds. The first-order valence-electron chi connectivity index (χ1n) is 9.34. The second-order valence-electron chi connectivity index (χ2n) is 7.14. The number of hydrogen-bond acceptors (Lipinski definition) is 4. The average Bonchev–Trinajstić information content (AvgIpc) is 3.22. The highest BCUT2D eigenvalue weighted by molar-refractivity contribution is 5.75. The van der Waals surface area contributed by atoms with Gasteiger partial charge in [0.25, 0.3) is 0 Å². The van der Waals surface area contributed by atoms with Crippen LogP contribution in [-0.2, 0) is 4.74 Å². The number of carbonyl (C=O) groups is 1. The molecule has 0 bridgehead atoms. The number of likely N-dealkylation sites (tertiary alicyclic amines) is 1. The maximum atomic E-state index is 12.7. The molecule has 0 aliphatic carbocycles. The fourth-order valence-corrected chi connectivity index (χ4v) is 4.23. The molecule has 136 valence electrons. The highest BCUT2D eigenvalue weighted by atomic mass is 16.5. The predicted octanol–water partition coefficient (Wildman–Crippen LogP) is 1.91. The van der Waals surface area contributed by atoms with E-state index < -0.39 is 0 Å². The smallest absolute Gasteiger partial charge is 0.320 e. The number of benzene rings is 1. The van der Waals surface area contributed by atoms with E-state index in [1.807, 2.05) is 24.0 Å². The normalized spacial score (nSPS) is 26.0. The third kappa shape index (κ3) is 3.40. The van der Waals surface area contributed by atoms with Crippen molar-refractivity contribution in [3.05, 3.63) is 24.3 Å². The van der Waals surface area contributed by atoms with E-state index >= 15 is 0 Å². The third-order valence-electron chi connectivity index (χ3n) is 5.55. The number of rotatable bonds is 3. The van der Waals surface area contributed by atoms with E-state index in [4.69, 9.17) is 9.47 Å². The molecule has 0 radical (unpaired) electrons. The first kappa shape index (κ1) is 16.5. The van der Waals surface area contributed by atoms with Gasteiger partial charge in [0.2, 0.25) is 0 Å². The van der Waals surface area contributed by atoms with Crippen molar-refractivity contribution in [1.29, 1.82) is 0 Å². The van der Waals surface area contributed by atoms with Gasteiger partial charge in [-0.15, -0.1) is 0 Å². The van der Waals surface area contributed by atoms with Crippen molar-refractivity contribution in [1.82, 2.24) is 9.80 Å². The van der Waals surface area contributed by atoms with E-state index in [1.54, 1.807) is 0 Å². The van der Waals surface area contributed by atoms with Crippen molar-refractivity contribution in [2.75, 3.05) is 64.0 Å². The van der Waals surface area contributed by atoms with E-state index in [1.165, 1.54) is 5.69 Å². The van der Waals surface area contributed by atoms with Crippen LogP contribution in [0.2, 0.25) is 0 Å². The SMILES string of the molecule is CCOc1ccc(N2C[C@H]3CN(C(=O)N4CCOCC4)C[C@H]3C2)cc1. The fraction of sp³-hybridized carbons (Fsp3) is 0.632. The summed E-state index contributed by atoms with van der Waals surface area (Å²) < 4.78 is 10.9. The number of morpholine rings is 1. The van der Waals surface area contributed by atoms with Crippen LogP contribution in [0.3, 0.4) is 0 Å². The van der Waals surface area contributed by atoms with Crippen LogP contribution >= 0.6 is 0 Å². The Morgan fingerprint density at radius 2 is 1.68 bits per heavy atom. The number of amides is 2. The van der Waals surface area contributed by atoms with Crippen molar-refractivity contribution >= 4 is 11.7 Å². The minimum atomic E-state index is 0.199. The molecule has 0 unspecified atom stereocenters. The Kier molecular flexibility index (Phi) is 4.70. The molecule has 0 aromatic heterocycles. The van der Waals surface area contributed by atoms with Crippen LogP contribution in [0.5, 0.6) is 5.75 Å². The zero-order chi connectivity index (χ0) is 17.2. The summed E-state index contributed by atoms with van der Waals surface area (Å²) in [7, 11) is 0. The molecule has 1 aromatic rings. The van der Waals surface area contributed by atoms with Crippen molar-refractivity contribution in [2.45, 2.75) is 6.92 Å². The second kappa shape index (κ2) is 7.12. The Morgan fingerprint density at radius 1 is 1.04 bits per heavy atom. The molecule has 3 aliphatic heterocycles. The van der Waals surface area contributed by atoms with Crippen LogP contribution in [0, 0.1) is 11.8 Å². The topological polar surface area (TPSA) is 45.2 Å². The van der Waals surface area contributed by atoms with E-state index in [0.717, 1.165) is 45.0 Å². The van der Waals surface area contributed by atoms with Crippen molar-refractivity contribution in [2.24, 2.45) is 11.8 Å². The number of nitrogens with zero attached hydrogens (tertiary/aromatic N) is 3. The van der Waals surface area contributed by atoms with Crippen LogP contribution in [0.1, 0.15) is 6.92 Å². The van der Waals surface area contributed by atoms with E-state index in [2.05, 4.69) is 21.9 Å². The fourth-order valence-electron chi connectivity index (χ4n) is 4.23. The molecule has 1 aromatic carbocycles. The summed E-state index contributed by atoms with van der Waals surface area (Å²) in [6.07, 6.45) is 0. The van der Waals surface area contributed by atoms with Gasteiger partial charge in [-0.2, -0.15) is 0 Å². The number of urea groups is 1. The predicted molar refractivity (Wildman–Crippen MR) is 96.2 cm³/mol. The van der Waals surface area contributed by atoms with Crippen molar-refractivity contribution < 1.29 is 14.3 Å². The molecule has 4 rings (SSSR count). The van der Waals surface area contributed by atoms with Gasteiger partial charge in [-0.3, -0.25) is 0 Å². The highest BCUT2D eigenvalue weighted by Crippen LogP contribution is 2.34. The van der Waals surface area contributed by atoms with Gasteiger partial charge >= 0.3 is 6.03 Å². The summed E-state index contributed by atoms with van der Waals surface area (Å²) in [5, 5.41) is 0. The Balaban J connectivity index is 1.33. The minimum absolute atomic E-state index is 0.199. The van der Waals surface area contributed by atoms with Gasteiger partial charge in [-0.05, 0) is 31.2 Å². The second-order valence-corrected chi connectivity index (χ2v) is 7.14. The van der Waals surface area contributed by atoms with E-state index in [9.17, 15) is 4.79 Å². The number of fused-ring (bicyclic) bond motifs is 1. The van der Waals surface area contributed by atoms with Gasteiger partial charge in [0.1, 0.15) is 5.75 Å². The molecule has 3 heterocycles. The van der Waals surface area contributed by atoms with Gasteiger partial charge in [-0.1, -0.05) is 0 Å². The lowest BCUT2D eigenvalue weighted by molar-refractivity contribution is 0.0447. The molecule has 6 nitrogen and oxygen atoms in total. The Bertz CT molecular complexity index is 586. The summed E-state index contributed by atoms with van der Waals surface area (Å²) in [6, 6.07) is 8.57. The zero-order valence-electron chi connectivity index (χ0n) is 14.9. The summed E-state index contributed by atoms with van der Waals surface area (Å²) in [4.78, 5) is 19.1. The maximum absolute atomic E-state index is 12.7. The lowest BCUT2D eigenvalue weighted by Gasteiger charge is -2.32. The molecule has 0 N–H and O–H groups in total. The number of ether oxygens (including phenoxy) is 2. The summed E-state index contributed by atoms with van der Waals surface area (Å²) in [6.45, 7) is 9.31. The van der Waals surface area contributed by atoms with Gasteiger partial charge in [0.05, 0.1) is 19.8 Å². The quantitative estimate of drug-likeness (QED) is 0.839. The van der Waals surface area contributed by atoms with Crippen molar-refractivity contribution in [3.8, 4) is 5.75 Å². The van der Waals surface area contributed by atoms with Gasteiger partial charge in [0.15, 0.2) is 0 Å². The third-order valence-corrected chi connectivity index (χ3v) is 5.55. The molecular weight excluding hydrogens is 318 g/mol. The van der Waals surface area contributed by atoms with Gasteiger partial charge in [-0.25, -0.2) is 4.79 Å². The Labute approximate surface area is 149 Å². The summed E-state index contributed by atoms with van der Waals surface area (Å²) in [5.74, 6) is 2.08. The largest absolute Gasteiger partial charge is 0.494 e. The molecule has 25 heavy (non-hydrogen) atoms. The monoisotopic (exact) mass is 345 g/mol. The lowest BCUT2D eigenvalue weighted by Crippen LogP contribution is -2.48. The molecule has 6 heteroatoms. The Morgan fingerprint density at radius 3 is 2.28 bits per heavy atom. The molecular formula is C19H27N3O3. The molecule has 0 spiro atoms. The summed E-state index contributed by atoms with van der Waals surface area (Å²) in [5.41, 5.74) is 1.25. The van der Waals surface area contributed by atoms with Crippen LogP contribution in [-0.4, -0.2) is 74.9 Å². The van der Waals surface area contributed by atoms with E-state index in [-0.39, 0.29) is 6.03 Å². The summed E-state index contributed by atoms with van der Waals surface area (Å²) >= 11 is 0. The average molecular weight is 345 g/mol. The number of anilines is 1. The minimum Gasteiger partial charge on any atom is -0.494 e. The lowest BCUT2D eigenvalue weighted by atomic mass is 10.0. The molecule has 2 atom stereocenters. The first-order valence-corrected chi connectivity index (χ1v) is 9.34. The van der Waals surface area contributed by atoms with E-state index in [0.29, 0.717) is 31.7 Å². The highest BCUT2D eigenvalue weighted by Gasteiger charge is 2.42. The maximum Gasteiger partial charge on any atom is 0.320 e. The standard InChI is InChI=1S/C19H27N3O3/c1-2-25-18-5-3-17(4-6-18)21-11-15-13-22(14-16(15)12-21)19(23)20-7-9-24-10-8-20/h3-6,15-16H,2,7-14H2,1H3/t15-,16+. The van der Waals surface area contributed by atoms with Crippen molar-refractivity contribution in [3.63, 3.8) is 0 Å². The molecule has 3 aliphatic rings. The molecule has 3 saturated heterocycles. The van der Waals surface area contributed by atoms with Crippen LogP contribution in [0.4, 0.5) is 10.5 Å². The zero-order valence-corrected chi connectivity index (χ0v) is 14.9. The van der Waals surface area contributed by atoms with Crippen LogP contribution in [0.25, 0.3) is 0 Å². The van der Waals surface area contributed by atoms with Crippen LogP contribution in [0.15, 0.2) is 24.3 Å². The number of carbonyl (C=O) groups excluding carboxylic acids is 1. The number of hydrogen-bond donors (Lipinski definition) is 0. The van der Waals surface area contributed by atoms with Crippen LogP contribution < -0.4 is 9.64 Å². The Hall–Kier alpha value is -1.95. The van der Waals surface area contributed by atoms with Gasteiger partial charge in [0, 0.05) is 56.8 Å².